The van der Waals surface area contributed by atoms with Gasteiger partial charge in [-0.1, -0.05) is 41.5 Å². The van der Waals surface area contributed by atoms with Crippen LogP contribution in [0.3, 0.4) is 0 Å². The molecule has 0 spiro atoms. The third kappa shape index (κ3) is 6.12. The van der Waals surface area contributed by atoms with Crippen LogP contribution in [0, 0.1) is 16.2 Å². The molecule has 1 saturated carbocycles. The Labute approximate surface area is 123 Å². The highest BCUT2D eigenvalue weighted by Crippen LogP contribution is 2.45. The molecule has 0 radical (unpaired) electrons. The van der Waals surface area contributed by atoms with Crippen LogP contribution in [-0.4, -0.2) is 25.3 Å². The Morgan fingerprint density at radius 3 is 2.40 bits per heavy atom. The Bertz CT molecular complexity index is 347. The maximum absolute atomic E-state index is 11.8. The highest BCUT2D eigenvalue weighted by Gasteiger charge is 2.40. The predicted molar refractivity (Wildman–Crippen MR) is 82.5 cm³/mol. The van der Waals surface area contributed by atoms with E-state index in [-0.39, 0.29) is 28.4 Å². The van der Waals surface area contributed by atoms with E-state index in [1.807, 2.05) is 20.8 Å². The molecule has 0 heterocycles. The normalized spacial score (nSPS) is 29.9. The Balaban J connectivity index is 2.45. The summed E-state index contributed by atoms with van der Waals surface area (Å²) in [6.07, 6.45) is 2.76. The van der Waals surface area contributed by atoms with E-state index in [1.54, 1.807) is 0 Å². The zero-order valence-corrected chi connectivity index (χ0v) is 14.0. The first-order chi connectivity index (χ1) is 8.91. The number of nitrogens with two attached hydrogens (primary N) is 1. The molecule has 118 valence electrons. The van der Waals surface area contributed by atoms with Crippen molar-refractivity contribution in [1.82, 2.24) is 5.32 Å². The molecule has 2 atom stereocenters. The van der Waals surface area contributed by atoms with Gasteiger partial charge in [-0.15, -0.1) is 0 Å². The molecule has 1 fully saturated rings. The average molecular weight is 284 g/mol. The quantitative estimate of drug-likeness (QED) is 0.835. The van der Waals surface area contributed by atoms with Crippen molar-refractivity contribution < 1.29 is 9.53 Å². The molecule has 0 saturated heterocycles. The molecule has 0 aromatic carbocycles. The third-order valence-electron chi connectivity index (χ3n) is 3.77. The summed E-state index contributed by atoms with van der Waals surface area (Å²) in [6, 6.07) is 0.219. The molecule has 1 aliphatic rings. The lowest BCUT2D eigenvalue weighted by Crippen LogP contribution is -2.47. The van der Waals surface area contributed by atoms with Crippen LogP contribution in [0.1, 0.15) is 60.8 Å². The highest BCUT2D eigenvalue weighted by molar-refractivity contribution is 5.67. The van der Waals surface area contributed by atoms with Crippen molar-refractivity contribution in [2.75, 3.05) is 13.2 Å². The number of hydrogen-bond acceptors (Lipinski definition) is 3. The molecule has 2 unspecified atom stereocenters. The van der Waals surface area contributed by atoms with Crippen LogP contribution in [-0.2, 0) is 4.74 Å². The molecule has 1 rings (SSSR count). The van der Waals surface area contributed by atoms with Crippen LogP contribution in [0.25, 0.3) is 0 Å². The molecule has 20 heavy (non-hydrogen) atoms. The minimum Gasteiger partial charge on any atom is -0.449 e. The van der Waals surface area contributed by atoms with Gasteiger partial charge >= 0.3 is 6.09 Å². The van der Waals surface area contributed by atoms with E-state index in [0.29, 0.717) is 13.2 Å². The van der Waals surface area contributed by atoms with Crippen molar-refractivity contribution in [3.8, 4) is 0 Å². The summed E-state index contributed by atoms with van der Waals surface area (Å²) in [7, 11) is 0. The number of carbonyl (C=O) groups is 1. The molecule has 1 aliphatic carbocycles. The zero-order chi connectivity index (χ0) is 15.6. The SMILES string of the molecule is CC(C)(C)COC(=O)NCC1(C)CC(N)CC(C)(C)C1. The maximum Gasteiger partial charge on any atom is 0.407 e. The van der Waals surface area contributed by atoms with Crippen molar-refractivity contribution in [2.45, 2.75) is 66.8 Å². The van der Waals surface area contributed by atoms with E-state index >= 15 is 0 Å². The smallest absolute Gasteiger partial charge is 0.407 e. The minimum absolute atomic E-state index is 0.00355. The second-order valence-electron chi connectivity index (χ2n) is 8.81. The summed E-state index contributed by atoms with van der Waals surface area (Å²) < 4.78 is 5.24. The molecule has 3 N–H and O–H groups in total. The Kier molecular flexibility index (Phi) is 5.12. The molecule has 4 heteroatoms. The van der Waals surface area contributed by atoms with Crippen molar-refractivity contribution in [1.29, 1.82) is 0 Å². The van der Waals surface area contributed by atoms with Gasteiger partial charge in [0.25, 0.3) is 0 Å². The summed E-state index contributed by atoms with van der Waals surface area (Å²) >= 11 is 0. The maximum atomic E-state index is 11.8. The van der Waals surface area contributed by atoms with Crippen molar-refractivity contribution >= 4 is 6.09 Å². The summed E-state index contributed by atoms with van der Waals surface area (Å²) in [5.41, 5.74) is 6.46. The molecule has 0 aliphatic heterocycles. The number of rotatable bonds is 3. The number of hydrogen-bond donors (Lipinski definition) is 2. The molecule has 1 amide bonds. The first kappa shape index (κ1) is 17.3. The van der Waals surface area contributed by atoms with Gasteiger partial charge in [-0.2, -0.15) is 0 Å². The van der Waals surface area contributed by atoms with Gasteiger partial charge in [-0.25, -0.2) is 4.79 Å². The Morgan fingerprint density at radius 1 is 1.30 bits per heavy atom. The molecule has 0 aromatic heterocycles. The average Bonchev–Trinajstić information content (AvgIpc) is 2.19. The van der Waals surface area contributed by atoms with Crippen molar-refractivity contribution in [3.63, 3.8) is 0 Å². The fourth-order valence-electron chi connectivity index (χ4n) is 3.47. The fraction of sp³-hybridized carbons (Fsp3) is 0.938. The van der Waals surface area contributed by atoms with Gasteiger partial charge in [-0.3, -0.25) is 0 Å². The number of alkyl carbamates (subject to hydrolysis) is 1. The van der Waals surface area contributed by atoms with Gasteiger partial charge in [-0.05, 0) is 35.5 Å². The largest absolute Gasteiger partial charge is 0.449 e. The molecule has 0 aromatic rings. The monoisotopic (exact) mass is 284 g/mol. The predicted octanol–water partition coefficient (Wildman–Crippen LogP) is 3.30. The minimum atomic E-state index is -0.321. The molecule has 0 bridgehead atoms. The Morgan fingerprint density at radius 2 is 1.90 bits per heavy atom. The molecular weight excluding hydrogens is 252 g/mol. The summed E-state index contributed by atoms with van der Waals surface area (Å²) in [6.45, 7) is 13.9. The highest BCUT2D eigenvalue weighted by atomic mass is 16.5. The Hall–Kier alpha value is -0.770. The fourth-order valence-corrected chi connectivity index (χ4v) is 3.47. The third-order valence-corrected chi connectivity index (χ3v) is 3.77. The van der Waals surface area contributed by atoms with E-state index in [0.717, 1.165) is 19.3 Å². The summed E-state index contributed by atoms with van der Waals surface area (Å²) in [5.74, 6) is 0. The lowest BCUT2D eigenvalue weighted by molar-refractivity contribution is 0.0716. The van der Waals surface area contributed by atoms with Crippen LogP contribution in [0.4, 0.5) is 4.79 Å². The van der Waals surface area contributed by atoms with E-state index in [4.69, 9.17) is 10.5 Å². The van der Waals surface area contributed by atoms with Crippen molar-refractivity contribution in [3.05, 3.63) is 0 Å². The van der Waals surface area contributed by atoms with Gasteiger partial charge in [0.15, 0.2) is 0 Å². The van der Waals surface area contributed by atoms with Gasteiger partial charge < -0.3 is 15.8 Å². The topological polar surface area (TPSA) is 64.3 Å². The van der Waals surface area contributed by atoms with Crippen LogP contribution < -0.4 is 11.1 Å². The zero-order valence-electron chi connectivity index (χ0n) is 14.0. The number of amides is 1. The van der Waals surface area contributed by atoms with E-state index in [9.17, 15) is 4.79 Å². The lowest BCUT2D eigenvalue weighted by atomic mass is 9.63. The first-order valence-corrected chi connectivity index (χ1v) is 7.57. The van der Waals surface area contributed by atoms with E-state index < -0.39 is 0 Å². The number of carbonyl (C=O) groups excluding carboxylic acids is 1. The van der Waals surface area contributed by atoms with Gasteiger partial charge in [0.2, 0.25) is 0 Å². The second-order valence-corrected chi connectivity index (χ2v) is 8.81. The van der Waals surface area contributed by atoms with Crippen LogP contribution in [0.5, 0.6) is 0 Å². The second kappa shape index (κ2) is 5.92. The van der Waals surface area contributed by atoms with Crippen LogP contribution in [0.15, 0.2) is 0 Å². The van der Waals surface area contributed by atoms with Crippen LogP contribution >= 0.6 is 0 Å². The standard InChI is InChI=1S/C16H32N2O2/c1-14(2,3)11-20-13(19)18-10-16(6)8-12(17)7-15(4,5)9-16/h12H,7-11,17H2,1-6H3,(H,18,19). The summed E-state index contributed by atoms with van der Waals surface area (Å²) in [4.78, 5) is 11.8. The van der Waals surface area contributed by atoms with Gasteiger partial charge in [0, 0.05) is 12.6 Å². The molecular formula is C16H32N2O2. The van der Waals surface area contributed by atoms with E-state index in [2.05, 4.69) is 26.1 Å². The molecule has 4 nitrogen and oxygen atoms in total. The number of ether oxygens (including phenoxy) is 1. The van der Waals surface area contributed by atoms with Gasteiger partial charge in [0.05, 0.1) is 6.61 Å². The lowest BCUT2D eigenvalue weighted by Gasteiger charge is -2.45. The van der Waals surface area contributed by atoms with Crippen molar-refractivity contribution in [2.24, 2.45) is 22.0 Å². The first-order valence-electron chi connectivity index (χ1n) is 7.57. The summed E-state index contributed by atoms with van der Waals surface area (Å²) in [5, 5.41) is 2.91. The van der Waals surface area contributed by atoms with Gasteiger partial charge in [0.1, 0.15) is 0 Å². The number of nitrogens with one attached hydrogen (secondary N) is 1. The van der Waals surface area contributed by atoms with Crippen LogP contribution in [0.2, 0.25) is 0 Å². The van der Waals surface area contributed by atoms with E-state index in [1.165, 1.54) is 0 Å².